The molecule has 0 aliphatic rings. The van der Waals surface area contributed by atoms with E-state index in [0.717, 1.165) is 0 Å². The second kappa shape index (κ2) is 6.14. The molecular weight excluding hydrogens is 357 g/mol. The van der Waals surface area contributed by atoms with Crippen LogP contribution < -0.4 is 0 Å². The molecule has 0 unspecified atom stereocenters. The highest BCUT2D eigenvalue weighted by Crippen LogP contribution is 2.59. The van der Waals surface area contributed by atoms with E-state index in [1.54, 1.807) is 0 Å². The Morgan fingerprint density at radius 1 is 0.773 bits per heavy atom. The van der Waals surface area contributed by atoms with Crippen LogP contribution in [0, 0.1) is 0 Å². The highest BCUT2D eigenvalue weighted by molar-refractivity contribution is 7.27. The topological polar surface area (TPSA) is 29.5 Å². The largest absolute Gasteiger partial charge is 0.432 e. The fourth-order valence-electron chi connectivity index (χ4n) is 5.87. The third kappa shape index (κ3) is 4.15. The Morgan fingerprint density at radius 2 is 1.09 bits per heavy atom. The molecule has 134 valence electrons. The lowest BCUT2D eigenvalue weighted by Gasteiger charge is -2.63. The summed E-state index contributed by atoms with van der Waals surface area (Å²) in [6.45, 7) is 19.5. The van der Waals surface area contributed by atoms with Gasteiger partial charge in [-0.25, -0.2) is 0 Å². The molecule has 1 N–H and O–H groups in total. The lowest BCUT2D eigenvalue weighted by molar-refractivity contribution is -0.155. The standard InChI is InChI=1S/C13H33F3O2Si4/c1-19(2,3)13(20(4,5)6,21(7,8)17)22(9,10)18-11-12(14,15)16/h17H,11H2,1-10H3. The Kier molecular flexibility index (Phi) is 6.30. The van der Waals surface area contributed by atoms with E-state index in [1.807, 2.05) is 26.2 Å². The van der Waals surface area contributed by atoms with Gasteiger partial charge in [-0.3, -0.25) is 0 Å². The summed E-state index contributed by atoms with van der Waals surface area (Å²) in [6.07, 6.45) is -4.32. The van der Waals surface area contributed by atoms with Gasteiger partial charge >= 0.3 is 6.18 Å². The van der Waals surface area contributed by atoms with E-state index in [2.05, 4.69) is 39.3 Å². The highest BCUT2D eigenvalue weighted by Gasteiger charge is 2.70. The van der Waals surface area contributed by atoms with E-state index in [0.29, 0.717) is 0 Å². The normalized spacial score (nSPS) is 16.1. The first-order valence-electron chi connectivity index (χ1n) is 7.64. The van der Waals surface area contributed by atoms with Crippen molar-refractivity contribution in [2.24, 2.45) is 0 Å². The number of alkyl halides is 3. The number of halogens is 3. The highest BCUT2D eigenvalue weighted by atomic mass is 28.5. The third-order valence-corrected chi connectivity index (χ3v) is 38.1. The van der Waals surface area contributed by atoms with Gasteiger partial charge in [-0.2, -0.15) is 13.2 Å². The fourth-order valence-corrected chi connectivity index (χ4v) is 51.3. The maximum atomic E-state index is 12.7. The zero-order valence-corrected chi connectivity index (χ0v) is 19.7. The first-order chi connectivity index (χ1) is 9.21. The maximum Gasteiger partial charge on any atom is 0.410 e. The van der Waals surface area contributed by atoms with E-state index >= 15 is 0 Å². The molecule has 9 heteroatoms. The van der Waals surface area contributed by atoms with E-state index in [1.165, 1.54) is 0 Å². The van der Waals surface area contributed by atoms with Gasteiger partial charge in [0.05, 0.1) is 0 Å². The molecule has 0 atom stereocenters. The molecular formula is C13H33F3O2Si4. The van der Waals surface area contributed by atoms with Crippen LogP contribution in [-0.2, 0) is 4.43 Å². The average molecular weight is 391 g/mol. The van der Waals surface area contributed by atoms with Crippen LogP contribution in [0.2, 0.25) is 69.4 Å². The van der Waals surface area contributed by atoms with Gasteiger partial charge in [0.1, 0.15) is 6.61 Å². The van der Waals surface area contributed by atoms with Crippen LogP contribution in [0.5, 0.6) is 0 Å². The summed E-state index contributed by atoms with van der Waals surface area (Å²) in [7, 11) is -9.52. The Bertz CT molecular complexity index is 354. The number of rotatable bonds is 6. The third-order valence-electron chi connectivity index (χ3n) is 4.67. The molecule has 0 heterocycles. The van der Waals surface area contributed by atoms with Crippen molar-refractivity contribution in [2.75, 3.05) is 6.61 Å². The van der Waals surface area contributed by atoms with Crippen LogP contribution in [0.4, 0.5) is 13.2 Å². The lowest BCUT2D eigenvalue weighted by Crippen LogP contribution is -2.77. The SMILES string of the molecule is C[Si](C)(C)C([Si](C)(C)C)([Si](C)(C)O)[Si](C)(C)OCC(F)(F)F. The van der Waals surface area contributed by atoms with Crippen molar-refractivity contribution in [3.63, 3.8) is 0 Å². The van der Waals surface area contributed by atoms with Gasteiger partial charge in [-0.15, -0.1) is 0 Å². The van der Waals surface area contributed by atoms with E-state index in [-0.39, 0.29) is 3.91 Å². The van der Waals surface area contributed by atoms with Gasteiger partial charge in [0.25, 0.3) is 0 Å². The Hall–Kier alpha value is 0.578. The molecule has 0 aliphatic heterocycles. The summed E-state index contributed by atoms with van der Waals surface area (Å²) in [4.78, 5) is 11.2. The molecule has 0 rings (SSSR count). The Labute approximate surface area is 137 Å². The molecule has 0 radical (unpaired) electrons. The van der Waals surface area contributed by atoms with Crippen LogP contribution in [0.3, 0.4) is 0 Å². The molecule has 0 fully saturated rings. The van der Waals surface area contributed by atoms with Crippen LogP contribution in [0.15, 0.2) is 0 Å². The second-order valence-electron chi connectivity index (χ2n) is 9.22. The van der Waals surface area contributed by atoms with Crippen molar-refractivity contribution in [1.82, 2.24) is 0 Å². The minimum atomic E-state index is -4.32. The van der Waals surface area contributed by atoms with Crippen molar-refractivity contribution in [1.29, 1.82) is 0 Å². The predicted octanol–water partition coefficient (Wildman–Crippen LogP) is 5.00. The average Bonchev–Trinajstić information content (AvgIpc) is 2.05. The molecule has 0 spiro atoms. The fraction of sp³-hybridized carbons (Fsp3) is 1.00. The van der Waals surface area contributed by atoms with Gasteiger partial charge in [-0.05, 0) is 30.1 Å². The Morgan fingerprint density at radius 3 is 1.27 bits per heavy atom. The van der Waals surface area contributed by atoms with Crippen LogP contribution in [-0.4, -0.2) is 50.4 Å². The summed E-state index contributed by atoms with van der Waals surface area (Å²) < 4.78 is 43.4. The van der Waals surface area contributed by atoms with Gasteiger partial charge in [0.2, 0.25) is 0 Å². The lowest BCUT2D eigenvalue weighted by atomic mass is 10.7. The zero-order chi connectivity index (χ0) is 18.4. The maximum absolute atomic E-state index is 12.7. The van der Waals surface area contributed by atoms with Crippen LogP contribution >= 0.6 is 0 Å². The Balaban J connectivity index is 6.31. The molecule has 0 aromatic heterocycles. The molecule has 0 aromatic carbocycles. The van der Waals surface area contributed by atoms with Crippen molar-refractivity contribution < 1.29 is 22.4 Å². The summed E-state index contributed by atoms with van der Waals surface area (Å²) in [6, 6.07) is 0. The van der Waals surface area contributed by atoms with Crippen LogP contribution in [0.25, 0.3) is 0 Å². The van der Waals surface area contributed by atoms with Crippen molar-refractivity contribution >= 4 is 32.8 Å². The number of hydrogen-bond acceptors (Lipinski definition) is 2. The molecule has 0 aromatic rings. The van der Waals surface area contributed by atoms with Gasteiger partial charge in [-0.1, -0.05) is 39.3 Å². The first kappa shape index (κ1) is 22.6. The molecule has 0 saturated heterocycles. The summed E-state index contributed by atoms with van der Waals surface area (Å²) >= 11 is 0. The van der Waals surface area contributed by atoms with Crippen molar-refractivity contribution in [2.45, 2.75) is 75.6 Å². The monoisotopic (exact) mass is 390 g/mol. The summed E-state index contributed by atoms with van der Waals surface area (Å²) in [5, 5.41) is 0. The molecule has 2 nitrogen and oxygen atoms in total. The number of hydrogen-bond donors (Lipinski definition) is 1. The molecule has 0 amide bonds. The quantitative estimate of drug-likeness (QED) is 0.647. The van der Waals surface area contributed by atoms with Crippen molar-refractivity contribution in [3.05, 3.63) is 0 Å². The van der Waals surface area contributed by atoms with E-state index < -0.39 is 45.6 Å². The summed E-state index contributed by atoms with van der Waals surface area (Å²) in [5.74, 6) is 0. The summed E-state index contributed by atoms with van der Waals surface area (Å²) in [5.41, 5.74) is 0. The smallest absolute Gasteiger partial charge is 0.410 e. The molecule has 0 bridgehead atoms. The van der Waals surface area contributed by atoms with Crippen molar-refractivity contribution in [3.8, 4) is 0 Å². The predicted molar refractivity (Wildman–Crippen MR) is 98.6 cm³/mol. The van der Waals surface area contributed by atoms with Gasteiger partial charge in [0.15, 0.2) is 16.6 Å². The molecule has 22 heavy (non-hydrogen) atoms. The second-order valence-corrected chi connectivity index (χ2v) is 30.7. The van der Waals surface area contributed by atoms with Gasteiger partial charge in [0, 0.05) is 16.1 Å². The molecule has 0 saturated carbocycles. The van der Waals surface area contributed by atoms with E-state index in [4.69, 9.17) is 4.43 Å². The molecule has 0 aliphatic carbocycles. The first-order valence-corrected chi connectivity index (χ1v) is 20.5. The minimum Gasteiger partial charge on any atom is -0.432 e. The minimum absolute atomic E-state index is 0.384. The van der Waals surface area contributed by atoms with Gasteiger partial charge < -0.3 is 9.22 Å². The van der Waals surface area contributed by atoms with Crippen LogP contribution in [0.1, 0.15) is 0 Å². The van der Waals surface area contributed by atoms with E-state index in [9.17, 15) is 18.0 Å². The zero-order valence-electron chi connectivity index (χ0n) is 15.7.